The lowest BCUT2D eigenvalue weighted by molar-refractivity contribution is -0.0926. The van der Waals surface area contributed by atoms with Crippen molar-refractivity contribution >= 4 is 16.6 Å². The lowest BCUT2D eigenvalue weighted by Gasteiger charge is -2.09. The number of hydrogen-bond donors (Lipinski definition) is 3. The topological polar surface area (TPSA) is 91.0 Å². The van der Waals surface area contributed by atoms with Gasteiger partial charge in [0, 0.05) is 48.2 Å². The quantitative estimate of drug-likeness (QED) is 0.543. The summed E-state index contributed by atoms with van der Waals surface area (Å²) >= 11 is 0. The van der Waals surface area contributed by atoms with Crippen LogP contribution in [0.5, 0.6) is 0 Å². The van der Waals surface area contributed by atoms with Gasteiger partial charge in [0.25, 0.3) is 5.56 Å². The van der Waals surface area contributed by atoms with E-state index in [1.165, 1.54) is 21.9 Å². The minimum absolute atomic E-state index is 0.00979. The highest BCUT2D eigenvalue weighted by molar-refractivity contribution is 5.87. The summed E-state index contributed by atoms with van der Waals surface area (Å²) in [5.74, 6) is 0. The van der Waals surface area contributed by atoms with Gasteiger partial charge in [-0.2, -0.15) is 13.2 Å². The molecule has 6 nitrogen and oxygen atoms in total. The highest BCUT2D eigenvalue weighted by Crippen LogP contribution is 2.29. The van der Waals surface area contributed by atoms with E-state index in [4.69, 9.17) is 11.5 Å². The fraction of sp³-hybridized carbons (Fsp3) is 0.261. The second-order valence-corrected chi connectivity index (χ2v) is 7.83. The van der Waals surface area contributed by atoms with Crippen LogP contribution in [0.3, 0.4) is 0 Å². The number of benzene rings is 1. The monoisotopic (exact) mass is 443 g/mol. The highest BCUT2D eigenvalue weighted by Gasteiger charge is 2.30. The Morgan fingerprint density at radius 2 is 1.94 bits per heavy atom. The Bertz CT molecular complexity index is 1300. The molecular weight excluding hydrogens is 419 g/mol. The molecule has 0 radical (unpaired) electrons. The Kier molecular flexibility index (Phi) is 5.60. The molecule has 168 valence electrons. The first-order valence-electron chi connectivity index (χ1n) is 10.2. The molecule has 0 spiro atoms. The van der Waals surface area contributed by atoms with Crippen molar-refractivity contribution in [3.63, 3.8) is 0 Å². The first-order chi connectivity index (χ1) is 15.2. The lowest BCUT2D eigenvalue weighted by Crippen LogP contribution is -2.19. The zero-order valence-corrected chi connectivity index (χ0v) is 17.5. The fourth-order valence-corrected chi connectivity index (χ4v) is 4.06. The van der Waals surface area contributed by atoms with Gasteiger partial charge in [-0.1, -0.05) is 6.07 Å². The summed E-state index contributed by atoms with van der Waals surface area (Å²) in [6.07, 6.45) is 0.720. The molecule has 0 aliphatic carbocycles. The third-order valence-electron chi connectivity index (χ3n) is 5.79. The molecule has 0 saturated carbocycles. The second kappa shape index (κ2) is 8.23. The molecule has 1 aliphatic heterocycles. The molecule has 4 rings (SSSR count). The number of nitrogens with zero attached hydrogens (tertiary/aromatic N) is 2. The molecule has 1 aromatic carbocycles. The number of pyridine rings is 1. The average molecular weight is 443 g/mol. The number of allylic oxidation sites excluding steroid dienone is 3. The fourth-order valence-electron chi connectivity index (χ4n) is 4.06. The van der Waals surface area contributed by atoms with Crippen LogP contribution in [0.25, 0.3) is 22.3 Å². The SMILES string of the molecule is Cn1c2c(c3ccc(-n4ccc(/C(N)=C/C=C(\N)C(F)(F)F)cc4=O)cc31)CNCCC2. The van der Waals surface area contributed by atoms with E-state index in [1.54, 1.807) is 12.3 Å². The second-order valence-electron chi connectivity index (χ2n) is 7.83. The third kappa shape index (κ3) is 4.03. The van der Waals surface area contributed by atoms with Gasteiger partial charge in [0.2, 0.25) is 0 Å². The molecule has 0 amide bonds. The number of alkyl halides is 3. The van der Waals surface area contributed by atoms with Crippen LogP contribution in [0.1, 0.15) is 23.2 Å². The number of aryl methyl sites for hydroxylation is 1. The lowest BCUT2D eigenvalue weighted by atomic mass is 10.1. The Morgan fingerprint density at radius 1 is 1.16 bits per heavy atom. The van der Waals surface area contributed by atoms with Gasteiger partial charge in [-0.05, 0) is 55.3 Å². The summed E-state index contributed by atoms with van der Waals surface area (Å²) in [5.41, 5.74) is 13.9. The van der Waals surface area contributed by atoms with Gasteiger partial charge >= 0.3 is 6.18 Å². The maximum absolute atomic E-state index is 12.7. The molecule has 2 aromatic heterocycles. The zero-order chi connectivity index (χ0) is 23.0. The number of nitrogens with two attached hydrogens (primary N) is 2. The summed E-state index contributed by atoms with van der Waals surface area (Å²) in [7, 11) is 2.04. The van der Waals surface area contributed by atoms with Crippen molar-refractivity contribution in [2.75, 3.05) is 6.54 Å². The molecule has 0 fully saturated rings. The van der Waals surface area contributed by atoms with Crippen LogP contribution < -0.4 is 22.3 Å². The molecule has 0 atom stereocenters. The van der Waals surface area contributed by atoms with Crippen molar-refractivity contribution < 1.29 is 13.2 Å². The number of halogens is 3. The van der Waals surface area contributed by atoms with E-state index < -0.39 is 11.9 Å². The predicted molar refractivity (Wildman–Crippen MR) is 119 cm³/mol. The number of aromatic nitrogens is 2. The van der Waals surface area contributed by atoms with E-state index >= 15 is 0 Å². The molecule has 0 unspecified atom stereocenters. The van der Waals surface area contributed by atoms with Crippen molar-refractivity contribution in [1.82, 2.24) is 14.5 Å². The van der Waals surface area contributed by atoms with Crippen molar-refractivity contribution in [3.8, 4) is 5.69 Å². The number of hydrogen-bond acceptors (Lipinski definition) is 4. The Balaban J connectivity index is 1.69. The molecule has 3 heterocycles. The predicted octanol–water partition coefficient (Wildman–Crippen LogP) is 3.07. The van der Waals surface area contributed by atoms with E-state index in [0.29, 0.717) is 17.3 Å². The van der Waals surface area contributed by atoms with Gasteiger partial charge in [0.15, 0.2) is 0 Å². The Hall–Kier alpha value is -3.46. The van der Waals surface area contributed by atoms with E-state index in [0.717, 1.165) is 42.9 Å². The van der Waals surface area contributed by atoms with Crippen molar-refractivity contribution in [3.05, 3.63) is 81.6 Å². The van der Waals surface area contributed by atoms with Gasteiger partial charge < -0.3 is 21.4 Å². The summed E-state index contributed by atoms with van der Waals surface area (Å²) in [5, 5.41) is 4.61. The Morgan fingerprint density at radius 3 is 2.66 bits per heavy atom. The van der Waals surface area contributed by atoms with Gasteiger partial charge in [-0.25, -0.2) is 0 Å². The van der Waals surface area contributed by atoms with Gasteiger partial charge in [0.1, 0.15) is 5.70 Å². The molecule has 3 aromatic rings. The minimum atomic E-state index is -4.63. The highest BCUT2D eigenvalue weighted by atomic mass is 19.4. The van der Waals surface area contributed by atoms with E-state index in [9.17, 15) is 18.0 Å². The number of nitrogens with one attached hydrogen (secondary N) is 1. The van der Waals surface area contributed by atoms with Crippen LogP contribution in [0.15, 0.2) is 59.2 Å². The minimum Gasteiger partial charge on any atom is -0.398 e. The summed E-state index contributed by atoms with van der Waals surface area (Å²) < 4.78 is 41.2. The van der Waals surface area contributed by atoms with Crippen molar-refractivity contribution in [2.45, 2.75) is 25.6 Å². The molecule has 32 heavy (non-hydrogen) atoms. The van der Waals surface area contributed by atoms with E-state index in [1.807, 2.05) is 25.2 Å². The average Bonchev–Trinajstić information content (AvgIpc) is 2.90. The standard InChI is InChI=1S/C23H24F3N5O/c1-30-19-3-2-9-29-13-17(19)16-5-4-15(12-20(16)30)31-10-8-14(11-22(31)32)18(27)6-7-21(28)23(24,25)26/h4-8,10-12,29H,2-3,9,13,27-28H2,1H3/b18-6-,21-7-. The largest absolute Gasteiger partial charge is 0.430 e. The van der Waals surface area contributed by atoms with Crippen LogP contribution in [0, 0.1) is 0 Å². The third-order valence-corrected chi connectivity index (χ3v) is 5.79. The maximum Gasteiger partial charge on any atom is 0.430 e. The maximum atomic E-state index is 12.7. The van der Waals surface area contributed by atoms with Gasteiger partial charge in [-0.15, -0.1) is 0 Å². The molecule has 5 N–H and O–H groups in total. The van der Waals surface area contributed by atoms with Gasteiger partial charge in [-0.3, -0.25) is 9.36 Å². The summed E-state index contributed by atoms with van der Waals surface area (Å²) in [4.78, 5) is 12.7. The van der Waals surface area contributed by atoms with Crippen LogP contribution in [-0.4, -0.2) is 21.9 Å². The normalized spacial score (nSPS) is 15.6. The zero-order valence-electron chi connectivity index (χ0n) is 17.5. The van der Waals surface area contributed by atoms with Crippen LogP contribution in [-0.2, 0) is 20.0 Å². The van der Waals surface area contributed by atoms with Crippen molar-refractivity contribution in [1.29, 1.82) is 0 Å². The van der Waals surface area contributed by atoms with Gasteiger partial charge in [0.05, 0.1) is 11.2 Å². The number of fused-ring (bicyclic) bond motifs is 3. The summed E-state index contributed by atoms with van der Waals surface area (Å²) in [6, 6.07) is 8.75. The first kappa shape index (κ1) is 21.8. The van der Waals surface area contributed by atoms with Crippen molar-refractivity contribution in [2.24, 2.45) is 18.5 Å². The first-order valence-corrected chi connectivity index (χ1v) is 10.2. The summed E-state index contributed by atoms with van der Waals surface area (Å²) in [6.45, 7) is 1.81. The molecule has 0 saturated heterocycles. The molecule has 0 bridgehead atoms. The molecule has 9 heteroatoms. The van der Waals surface area contributed by atoms with Crippen LogP contribution in [0.2, 0.25) is 0 Å². The van der Waals surface area contributed by atoms with Crippen LogP contribution >= 0.6 is 0 Å². The smallest absolute Gasteiger partial charge is 0.398 e. The van der Waals surface area contributed by atoms with Crippen LogP contribution in [0.4, 0.5) is 13.2 Å². The Labute approximate surface area is 182 Å². The molecular formula is C23H24F3N5O. The molecule has 1 aliphatic rings. The number of rotatable bonds is 3. The van der Waals surface area contributed by atoms with E-state index in [-0.39, 0.29) is 11.3 Å². The van der Waals surface area contributed by atoms with E-state index in [2.05, 4.69) is 9.88 Å².